The van der Waals surface area contributed by atoms with Crippen LogP contribution >= 0.6 is 0 Å². The van der Waals surface area contributed by atoms with Crippen LogP contribution in [0.5, 0.6) is 5.75 Å². The van der Waals surface area contributed by atoms with Crippen LogP contribution < -0.4 is 10.1 Å². The van der Waals surface area contributed by atoms with Gasteiger partial charge >= 0.3 is 0 Å². The molecule has 0 spiro atoms. The fraction of sp³-hybridized carbons (Fsp3) is 0.0909. The average molecular weight is 362 g/mol. The van der Waals surface area contributed by atoms with Gasteiger partial charge in [0.25, 0.3) is 5.91 Å². The van der Waals surface area contributed by atoms with Crippen molar-refractivity contribution in [3.8, 4) is 5.75 Å². The first kappa shape index (κ1) is 18.3. The Labute approximate surface area is 157 Å². The van der Waals surface area contributed by atoms with Crippen LogP contribution in [0.25, 0.3) is 0 Å². The van der Waals surface area contributed by atoms with E-state index in [4.69, 9.17) is 4.74 Å². The number of hydrogen-bond donors (Lipinski definition) is 1. The largest absolute Gasteiger partial charge is 0.484 e. The summed E-state index contributed by atoms with van der Waals surface area (Å²) in [7, 11) is 0. The molecule has 0 bridgehead atoms. The maximum absolute atomic E-state index is 12.9. The van der Waals surface area contributed by atoms with E-state index in [1.807, 2.05) is 42.5 Å². The van der Waals surface area contributed by atoms with Crippen molar-refractivity contribution in [2.75, 3.05) is 6.61 Å². The Morgan fingerprint density at radius 3 is 2.37 bits per heavy atom. The molecule has 1 amide bonds. The van der Waals surface area contributed by atoms with Crippen LogP contribution in [-0.2, 0) is 11.3 Å². The zero-order chi connectivity index (χ0) is 18.9. The summed E-state index contributed by atoms with van der Waals surface area (Å²) in [5, 5.41) is 2.81. The second kappa shape index (κ2) is 9.29. The molecule has 5 heteroatoms. The molecule has 0 aromatic heterocycles. The zero-order valence-corrected chi connectivity index (χ0v) is 14.6. The molecule has 4 nitrogen and oxygen atoms in total. The topological polar surface area (TPSA) is 50.7 Å². The van der Waals surface area contributed by atoms with Crippen molar-refractivity contribution in [2.24, 2.45) is 4.99 Å². The highest BCUT2D eigenvalue weighted by molar-refractivity contribution is 5.82. The lowest BCUT2D eigenvalue weighted by atomic mass is 10.2. The third kappa shape index (κ3) is 6.08. The first-order valence-electron chi connectivity index (χ1n) is 8.52. The normalized spacial score (nSPS) is 10.7. The first-order chi connectivity index (χ1) is 13.2. The van der Waals surface area contributed by atoms with Gasteiger partial charge < -0.3 is 10.1 Å². The molecule has 0 aliphatic carbocycles. The highest BCUT2D eigenvalue weighted by Crippen LogP contribution is 2.14. The number of benzene rings is 3. The third-order valence-corrected chi connectivity index (χ3v) is 3.77. The van der Waals surface area contributed by atoms with E-state index in [0.29, 0.717) is 18.0 Å². The van der Waals surface area contributed by atoms with Crippen molar-refractivity contribution < 1.29 is 13.9 Å². The minimum atomic E-state index is -0.289. The molecule has 0 aliphatic rings. The van der Waals surface area contributed by atoms with Crippen LogP contribution in [0.15, 0.2) is 83.9 Å². The van der Waals surface area contributed by atoms with Crippen molar-refractivity contribution in [3.63, 3.8) is 0 Å². The molecule has 0 fully saturated rings. The van der Waals surface area contributed by atoms with Gasteiger partial charge in [0.05, 0.1) is 5.69 Å². The minimum Gasteiger partial charge on any atom is -0.484 e. The molecule has 3 aromatic rings. The number of carbonyl (C=O) groups is 1. The number of ether oxygens (including phenoxy) is 1. The lowest BCUT2D eigenvalue weighted by Crippen LogP contribution is -2.28. The molecule has 136 valence electrons. The molecule has 27 heavy (non-hydrogen) atoms. The van der Waals surface area contributed by atoms with Crippen molar-refractivity contribution in [1.82, 2.24) is 5.32 Å². The van der Waals surface area contributed by atoms with Crippen molar-refractivity contribution in [3.05, 3.63) is 95.8 Å². The van der Waals surface area contributed by atoms with E-state index in [1.54, 1.807) is 30.5 Å². The number of hydrogen-bond acceptors (Lipinski definition) is 3. The summed E-state index contributed by atoms with van der Waals surface area (Å²) in [5.74, 6) is 0.132. The van der Waals surface area contributed by atoms with Gasteiger partial charge in [-0.15, -0.1) is 0 Å². The van der Waals surface area contributed by atoms with Crippen LogP contribution in [0.2, 0.25) is 0 Å². The number of rotatable bonds is 7. The number of carbonyl (C=O) groups excluding carboxylic acids is 1. The predicted octanol–water partition coefficient (Wildman–Crippen LogP) is 4.27. The molecule has 0 unspecified atom stereocenters. The Bertz CT molecular complexity index is 892. The van der Waals surface area contributed by atoms with Gasteiger partial charge in [0.2, 0.25) is 0 Å². The molecule has 0 radical (unpaired) electrons. The molecule has 0 heterocycles. The second-order valence-electron chi connectivity index (χ2n) is 5.85. The molecule has 0 aliphatic heterocycles. The van der Waals surface area contributed by atoms with Crippen LogP contribution in [-0.4, -0.2) is 18.7 Å². The summed E-state index contributed by atoms with van der Waals surface area (Å²) >= 11 is 0. The van der Waals surface area contributed by atoms with Gasteiger partial charge in [-0.3, -0.25) is 9.79 Å². The van der Waals surface area contributed by atoms with E-state index in [0.717, 1.165) is 11.1 Å². The van der Waals surface area contributed by atoms with Gasteiger partial charge in [-0.25, -0.2) is 4.39 Å². The molecule has 0 atom stereocenters. The highest BCUT2D eigenvalue weighted by atomic mass is 19.1. The van der Waals surface area contributed by atoms with Crippen molar-refractivity contribution in [2.45, 2.75) is 6.54 Å². The van der Waals surface area contributed by atoms with Crippen LogP contribution in [0.1, 0.15) is 11.1 Å². The Balaban J connectivity index is 1.46. The fourth-order valence-corrected chi connectivity index (χ4v) is 2.32. The molecule has 3 rings (SSSR count). The second-order valence-corrected chi connectivity index (χ2v) is 5.85. The smallest absolute Gasteiger partial charge is 0.258 e. The number of nitrogens with zero attached hydrogens (tertiary/aromatic N) is 1. The van der Waals surface area contributed by atoms with E-state index in [1.165, 1.54) is 12.1 Å². The van der Waals surface area contributed by atoms with Crippen LogP contribution in [0, 0.1) is 5.82 Å². The molecular weight excluding hydrogens is 343 g/mol. The number of halogens is 1. The Morgan fingerprint density at radius 1 is 0.963 bits per heavy atom. The summed E-state index contributed by atoms with van der Waals surface area (Å²) in [6, 6.07) is 22.9. The molecular formula is C22H19FN2O2. The molecule has 3 aromatic carbocycles. The monoisotopic (exact) mass is 362 g/mol. The van der Waals surface area contributed by atoms with Crippen molar-refractivity contribution in [1.29, 1.82) is 0 Å². The Morgan fingerprint density at radius 2 is 1.67 bits per heavy atom. The number of amides is 1. The first-order valence-corrected chi connectivity index (χ1v) is 8.52. The predicted molar refractivity (Wildman–Crippen MR) is 104 cm³/mol. The SMILES string of the molecule is O=C(COc1ccc(C=Nc2ccc(F)cc2)cc1)NCc1ccccc1. The van der Waals surface area contributed by atoms with Gasteiger partial charge in [0.1, 0.15) is 11.6 Å². The summed E-state index contributed by atoms with van der Waals surface area (Å²) in [5.41, 5.74) is 2.59. The van der Waals surface area contributed by atoms with Gasteiger partial charge in [-0.05, 0) is 59.7 Å². The van der Waals surface area contributed by atoms with E-state index < -0.39 is 0 Å². The third-order valence-electron chi connectivity index (χ3n) is 3.77. The van der Waals surface area contributed by atoms with E-state index >= 15 is 0 Å². The summed E-state index contributed by atoms with van der Waals surface area (Å²) in [4.78, 5) is 16.1. The molecule has 0 saturated carbocycles. The van der Waals surface area contributed by atoms with Gasteiger partial charge in [0.15, 0.2) is 6.61 Å². The summed E-state index contributed by atoms with van der Waals surface area (Å²) in [6.07, 6.45) is 1.68. The maximum atomic E-state index is 12.9. The van der Waals surface area contributed by atoms with E-state index in [9.17, 15) is 9.18 Å². The lowest BCUT2D eigenvalue weighted by Gasteiger charge is -2.08. The van der Waals surface area contributed by atoms with Crippen LogP contribution in [0.3, 0.4) is 0 Å². The van der Waals surface area contributed by atoms with Gasteiger partial charge in [-0.1, -0.05) is 30.3 Å². The Kier molecular flexibility index (Phi) is 6.30. The Hall–Kier alpha value is -3.47. The fourth-order valence-electron chi connectivity index (χ4n) is 2.32. The summed E-state index contributed by atoms with van der Waals surface area (Å²) in [6.45, 7) is 0.428. The van der Waals surface area contributed by atoms with Crippen LogP contribution in [0.4, 0.5) is 10.1 Å². The van der Waals surface area contributed by atoms with Crippen molar-refractivity contribution >= 4 is 17.8 Å². The van der Waals surface area contributed by atoms with Gasteiger partial charge in [0, 0.05) is 12.8 Å². The van der Waals surface area contributed by atoms with E-state index in [2.05, 4.69) is 10.3 Å². The zero-order valence-electron chi connectivity index (χ0n) is 14.6. The molecule has 1 N–H and O–H groups in total. The van der Waals surface area contributed by atoms with Gasteiger partial charge in [-0.2, -0.15) is 0 Å². The minimum absolute atomic E-state index is 0.0458. The van der Waals surface area contributed by atoms with E-state index in [-0.39, 0.29) is 18.3 Å². The quantitative estimate of drug-likeness (QED) is 0.638. The average Bonchev–Trinajstić information content (AvgIpc) is 2.72. The summed E-state index contributed by atoms with van der Waals surface area (Å²) < 4.78 is 18.4. The number of nitrogens with one attached hydrogen (secondary N) is 1. The maximum Gasteiger partial charge on any atom is 0.258 e. The standard InChI is InChI=1S/C22H19FN2O2/c23-19-8-10-20(11-9-19)24-14-18-6-12-21(13-7-18)27-16-22(26)25-15-17-4-2-1-3-5-17/h1-14H,15-16H2,(H,25,26). The highest BCUT2D eigenvalue weighted by Gasteiger charge is 2.03. The number of aliphatic imine (C=N–C) groups is 1. The molecule has 0 saturated heterocycles. The lowest BCUT2D eigenvalue weighted by molar-refractivity contribution is -0.123.